The van der Waals surface area contributed by atoms with Gasteiger partial charge in [-0.05, 0) is 13.0 Å². The van der Waals surface area contributed by atoms with Gasteiger partial charge in [-0.3, -0.25) is 0 Å². The van der Waals surface area contributed by atoms with E-state index < -0.39 is 0 Å². The first kappa shape index (κ1) is 11.6. The van der Waals surface area contributed by atoms with Crippen molar-refractivity contribution in [1.29, 1.82) is 0 Å². The minimum Gasteiger partial charge on any atom is -0.316 e. The Labute approximate surface area is 89.9 Å². The number of hydrogen-bond acceptors (Lipinski definition) is 4. The summed E-state index contributed by atoms with van der Waals surface area (Å²) in [5.74, 6) is 0. The Morgan fingerprint density at radius 2 is 2.29 bits per heavy atom. The SMILES string of the molecule is CCNCCNC(CC)c1nccs1. The van der Waals surface area contributed by atoms with Gasteiger partial charge in [-0.1, -0.05) is 13.8 Å². The molecule has 0 amide bonds. The molecule has 0 bridgehead atoms. The third-order valence-corrected chi connectivity index (χ3v) is 2.99. The standard InChI is InChI=1S/C10H19N3S/c1-3-9(10-13-7-8-14-10)12-6-5-11-4-2/h7-9,11-12H,3-6H2,1-2H3. The summed E-state index contributed by atoms with van der Waals surface area (Å²) in [7, 11) is 0. The first-order valence-corrected chi connectivity index (χ1v) is 6.10. The van der Waals surface area contributed by atoms with Crippen LogP contribution in [-0.2, 0) is 0 Å². The Kier molecular flexibility index (Phi) is 5.75. The number of nitrogens with zero attached hydrogens (tertiary/aromatic N) is 1. The summed E-state index contributed by atoms with van der Waals surface area (Å²) < 4.78 is 0. The molecule has 1 rings (SSSR count). The van der Waals surface area contributed by atoms with Crippen LogP contribution in [0.5, 0.6) is 0 Å². The summed E-state index contributed by atoms with van der Waals surface area (Å²) in [6.07, 6.45) is 2.97. The van der Waals surface area contributed by atoms with Crippen LogP contribution < -0.4 is 10.6 Å². The van der Waals surface area contributed by atoms with E-state index in [0.29, 0.717) is 6.04 Å². The van der Waals surface area contributed by atoms with E-state index in [1.165, 1.54) is 5.01 Å². The molecule has 1 unspecified atom stereocenters. The number of hydrogen-bond donors (Lipinski definition) is 2. The van der Waals surface area contributed by atoms with Gasteiger partial charge in [-0.15, -0.1) is 11.3 Å². The lowest BCUT2D eigenvalue weighted by Gasteiger charge is -2.14. The first-order chi connectivity index (χ1) is 6.88. The molecular formula is C10H19N3S. The molecule has 0 saturated heterocycles. The minimum atomic E-state index is 0.425. The average molecular weight is 213 g/mol. The molecule has 0 aliphatic heterocycles. The average Bonchev–Trinajstić information content (AvgIpc) is 2.71. The molecule has 0 saturated carbocycles. The van der Waals surface area contributed by atoms with Crippen LogP contribution in [0.2, 0.25) is 0 Å². The predicted octanol–water partition coefficient (Wildman–Crippen LogP) is 1.79. The van der Waals surface area contributed by atoms with Crippen molar-refractivity contribution in [3.05, 3.63) is 16.6 Å². The fourth-order valence-corrected chi connectivity index (χ4v) is 2.12. The third-order valence-electron chi connectivity index (χ3n) is 2.10. The summed E-state index contributed by atoms with van der Waals surface area (Å²) in [5.41, 5.74) is 0. The van der Waals surface area contributed by atoms with Crippen LogP contribution >= 0.6 is 11.3 Å². The molecular weight excluding hydrogens is 194 g/mol. The van der Waals surface area contributed by atoms with Crippen molar-refractivity contribution in [2.75, 3.05) is 19.6 Å². The molecule has 2 N–H and O–H groups in total. The van der Waals surface area contributed by atoms with Gasteiger partial charge in [0, 0.05) is 24.7 Å². The second-order valence-corrected chi connectivity index (χ2v) is 4.06. The molecule has 1 aromatic heterocycles. The van der Waals surface area contributed by atoms with Gasteiger partial charge >= 0.3 is 0 Å². The van der Waals surface area contributed by atoms with Gasteiger partial charge in [0.25, 0.3) is 0 Å². The van der Waals surface area contributed by atoms with Crippen LogP contribution in [-0.4, -0.2) is 24.6 Å². The van der Waals surface area contributed by atoms with Crippen molar-refractivity contribution < 1.29 is 0 Å². The van der Waals surface area contributed by atoms with Crippen molar-refractivity contribution in [2.24, 2.45) is 0 Å². The Morgan fingerprint density at radius 3 is 2.86 bits per heavy atom. The van der Waals surface area contributed by atoms with Crippen LogP contribution in [0, 0.1) is 0 Å². The van der Waals surface area contributed by atoms with Crippen LogP contribution in [0.15, 0.2) is 11.6 Å². The van der Waals surface area contributed by atoms with E-state index in [2.05, 4.69) is 29.5 Å². The highest BCUT2D eigenvalue weighted by atomic mass is 32.1. The summed E-state index contributed by atoms with van der Waals surface area (Å²) in [6.45, 7) is 7.38. The second-order valence-electron chi connectivity index (χ2n) is 3.14. The summed E-state index contributed by atoms with van der Waals surface area (Å²) in [4.78, 5) is 4.32. The predicted molar refractivity (Wildman–Crippen MR) is 61.7 cm³/mol. The maximum Gasteiger partial charge on any atom is 0.109 e. The molecule has 14 heavy (non-hydrogen) atoms. The van der Waals surface area contributed by atoms with E-state index in [-0.39, 0.29) is 0 Å². The quantitative estimate of drug-likeness (QED) is 0.678. The zero-order valence-corrected chi connectivity index (χ0v) is 9.73. The van der Waals surface area contributed by atoms with Crippen molar-refractivity contribution in [2.45, 2.75) is 26.3 Å². The number of nitrogens with one attached hydrogen (secondary N) is 2. The maximum atomic E-state index is 4.32. The molecule has 0 fully saturated rings. The van der Waals surface area contributed by atoms with Crippen molar-refractivity contribution in [1.82, 2.24) is 15.6 Å². The largest absolute Gasteiger partial charge is 0.316 e. The van der Waals surface area contributed by atoms with Gasteiger partial charge < -0.3 is 10.6 Å². The van der Waals surface area contributed by atoms with Crippen LogP contribution in [0.1, 0.15) is 31.3 Å². The minimum absolute atomic E-state index is 0.425. The lowest BCUT2D eigenvalue weighted by molar-refractivity contribution is 0.506. The van der Waals surface area contributed by atoms with E-state index in [1.807, 2.05) is 11.6 Å². The molecule has 1 atom stereocenters. The van der Waals surface area contributed by atoms with Crippen LogP contribution in [0.3, 0.4) is 0 Å². The van der Waals surface area contributed by atoms with Crippen molar-refractivity contribution >= 4 is 11.3 Å². The molecule has 1 aromatic rings. The molecule has 0 spiro atoms. The number of rotatable bonds is 7. The van der Waals surface area contributed by atoms with Gasteiger partial charge in [0.1, 0.15) is 5.01 Å². The molecule has 0 aliphatic carbocycles. The monoisotopic (exact) mass is 213 g/mol. The lowest BCUT2D eigenvalue weighted by atomic mass is 10.2. The molecule has 0 aliphatic rings. The molecule has 3 nitrogen and oxygen atoms in total. The Balaban J connectivity index is 2.26. The van der Waals surface area contributed by atoms with E-state index in [9.17, 15) is 0 Å². The normalized spacial score (nSPS) is 13.0. The van der Waals surface area contributed by atoms with Gasteiger partial charge in [-0.2, -0.15) is 0 Å². The Bertz CT molecular complexity index is 223. The smallest absolute Gasteiger partial charge is 0.109 e. The fraction of sp³-hybridized carbons (Fsp3) is 0.700. The van der Waals surface area contributed by atoms with E-state index in [1.54, 1.807) is 11.3 Å². The Hall–Kier alpha value is -0.450. The van der Waals surface area contributed by atoms with Gasteiger partial charge in [0.2, 0.25) is 0 Å². The van der Waals surface area contributed by atoms with Crippen LogP contribution in [0.4, 0.5) is 0 Å². The lowest BCUT2D eigenvalue weighted by Crippen LogP contribution is -2.29. The Morgan fingerprint density at radius 1 is 1.43 bits per heavy atom. The van der Waals surface area contributed by atoms with E-state index >= 15 is 0 Å². The fourth-order valence-electron chi connectivity index (χ4n) is 1.32. The van der Waals surface area contributed by atoms with Gasteiger partial charge in [0.05, 0.1) is 6.04 Å². The first-order valence-electron chi connectivity index (χ1n) is 5.22. The number of thiazole rings is 1. The molecule has 1 heterocycles. The molecule has 0 aromatic carbocycles. The highest BCUT2D eigenvalue weighted by Gasteiger charge is 2.09. The summed E-state index contributed by atoms with van der Waals surface area (Å²) >= 11 is 1.73. The summed E-state index contributed by atoms with van der Waals surface area (Å²) in [5, 5.41) is 10.0. The van der Waals surface area contributed by atoms with E-state index in [0.717, 1.165) is 26.1 Å². The number of likely N-dealkylation sites (N-methyl/N-ethyl adjacent to an activating group) is 1. The summed E-state index contributed by atoms with van der Waals surface area (Å²) in [6, 6.07) is 0.425. The zero-order chi connectivity index (χ0) is 10.2. The zero-order valence-electron chi connectivity index (χ0n) is 8.92. The highest BCUT2D eigenvalue weighted by Crippen LogP contribution is 2.17. The van der Waals surface area contributed by atoms with Crippen LogP contribution in [0.25, 0.3) is 0 Å². The molecule has 4 heteroatoms. The topological polar surface area (TPSA) is 37.0 Å². The second kappa shape index (κ2) is 6.92. The van der Waals surface area contributed by atoms with Gasteiger partial charge in [0.15, 0.2) is 0 Å². The number of aromatic nitrogens is 1. The molecule has 80 valence electrons. The van der Waals surface area contributed by atoms with Crippen molar-refractivity contribution in [3.63, 3.8) is 0 Å². The molecule has 0 radical (unpaired) electrons. The van der Waals surface area contributed by atoms with Crippen molar-refractivity contribution in [3.8, 4) is 0 Å². The van der Waals surface area contributed by atoms with Gasteiger partial charge in [-0.25, -0.2) is 4.98 Å². The highest BCUT2D eigenvalue weighted by molar-refractivity contribution is 7.09. The van der Waals surface area contributed by atoms with E-state index in [4.69, 9.17) is 0 Å². The third kappa shape index (κ3) is 3.74. The maximum absolute atomic E-state index is 4.32.